The molecule has 0 aliphatic carbocycles. The Morgan fingerprint density at radius 3 is 2.20 bits per heavy atom. The Morgan fingerprint density at radius 2 is 1.27 bits per heavy atom. The van der Waals surface area contributed by atoms with Crippen molar-refractivity contribution in [2.24, 2.45) is 0 Å². The lowest BCUT2D eigenvalue weighted by molar-refractivity contribution is 0.669. The molecule has 0 aliphatic rings. The molecule has 0 fully saturated rings. The Bertz CT molecular complexity index is 3370. The van der Waals surface area contributed by atoms with Crippen molar-refractivity contribution in [3.8, 4) is 33.2 Å². The van der Waals surface area contributed by atoms with E-state index in [9.17, 15) is 0 Å². The topological polar surface area (TPSA) is 56.2 Å². The van der Waals surface area contributed by atoms with Crippen LogP contribution in [0.2, 0.25) is 0 Å². The highest BCUT2D eigenvalue weighted by Crippen LogP contribution is 2.46. The summed E-state index contributed by atoms with van der Waals surface area (Å²) in [6, 6.07) is 51.0. The van der Waals surface area contributed by atoms with Crippen molar-refractivity contribution in [1.29, 1.82) is 0 Å². The third kappa shape index (κ3) is 3.71. The van der Waals surface area contributed by atoms with E-state index in [0.29, 0.717) is 5.82 Å². The van der Waals surface area contributed by atoms with Crippen molar-refractivity contribution >= 4 is 92.5 Å². The van der Waals surface area contributed by atoms with Gasteiger partial charge in [0.2, 0.25) is 0 Å². The molecule has 7 aromatic carbocycles. The maximum absolute atomic E-state index is 6.43. The van der Waals surface area contributed by atoms with Crippen molar-refractivity contribution < 1.29 is 4.42 Å². The van der Waals surface area contributed by atoms with Gasteiger partial charge in [0, 0.05) is 48.8 Å². The number of thiazole rings is 1. The number of nitrogens with zero attached hydrogens (tertiary/aromatic N) is 4. The predicted octanol–water partition coefficient (Wildman–Crippen LogP) is 12.3. The van der Waals surface area contributed by atoms with Crippen molar-refractivity contribution in [2.75, 3.05) is 0 Å². The quantitative estimate of drug-likeness (QED) is 0.188. The Labute approximate surface area is 294 Å². The van der Waals surface area contributed by atoms with Gasteiger partial charge in [-0.25, -0.2) is 15.0 Å². The molecule has 12 rings (SSSR count). The average Bonchev–Trinajstić information content (AvgIpc) is 3.95. The number of para-hydroxylation sites is 4. The lowest BCUT2D eigenvalue weighted by atomic mass is 10.0. The number of hydrogen-bond donors (Lipinski definition) is 0. The van der Waals surface area contributed by atoms with Gasteiger partial charge in [0.15, 0.2) is 5.82 Å². The number of fused-ring (bicyclic) bond motifs is 12. The van der Waals surface area contributed by atoms with Crippen LogP contribution >= 0.6 is 11.3 Å². The van der Waals surface area contributed by atoms with Gasteiger partial charge < -0.3 is 8.82 Å². The summed E-state index contributed by atoms with van der Waals surface area (Å²) in [6.45, 7) is 0. The Hall–Kier alpha value is -6.63. The van der Waals surface area contributed by atoms with E-state index in [-0.39, 0.29) is 0 Å². The molecule has 0 bridgehead atoms. The second-order valence-corrected chi connectivity index (χ2v) is 14.2. The van der Waals surface area contributed by atoms with Crippen molar-refractivity contribution in [1.82, 2.24) is 19.4 Å². The highest BCUT2D eigenvalue weighted by Gasteiger charge is 2.23. The highest BCUT2D eigenvalue weighted by atomic mass is 32.1. The summed E-state index contributed by atoms with van der Waals surface area (Å²) in [6.07, 6.45) is 0. The van der Waals surface area contributed by atoms with Crippen LogP contribution in [0.15, 0.2) is 150 Å². The molecular weight excluding hydrogens is 645 g/mol. The van der Waals surface area contributed by atoms with Gasteiger partial charge in [0.05, 0.1) is 43.5 Å². The summed E-state index contributed by atoms with van der Waals surface area (Å²) in [5, 5.41) is 9.09. The molecule has 12 aromatic rings. The first-order chi connectivity index (χ1) is 25.3. The summed E-state index contributed by atoms with van der Waals surface area (Å²) in [7, 11) is 0. The van der Waals surface area contributed by atoms with Gasteiger partial charge in [-0.15, -0.1) is 11.3 Å². The molecule has 0 saturated carbocycles. The third-order valence-electron chi connectivity index (χ3n) is 10.4. The van der Waals surface area contributed by atoms with Gasteiger partial charge in [-0.1, -0.05) is 103 Å². The normalized spacial score (nSPS) is 12.3. The summed E-state index contributed by atoms with van der Waals surface area (Å²) >= 11 is 1.78. The molecule has 236 valence electrons. The number of hydrogen-bond acceptors (Lipinski definition) is 5. The fourth-order valence-electron chi connectivity index (χ4n) is 8.13. The Kier molecular flexibility index (Phi) is 5.32. The van der Waals surface area contributed by atoms with E-state index < -0.39 is 0 Å². The molecule has 0 amide bonds. The fraction of sp³-hybridized carbons (Fsp3) is 0. The van der Waals surface area contributed by atoms with Crippen molar-refractivity contribution in [2.45, 2.75) is 0 Å². The molecule has 0 saturated heterocycles. The second-order valence-electron chi connectivity index (χ2n) is 13.2. The highest BCUT2D eigenvalue weighted by molar-refractivity contribution is 7.22. The summed E-state index contributed by atoms with van der Waals surface area (Å²) in [5.74, 6) is 0.644. The largest absolute Gasteiger partial charge is 0.455 e. The van der Waals surface area contributed by atoms with Crippen LogP contribution in [0.5, 0.6) is 0 Å². The number of furan rings is 1. The van der Waals surface area contributed by atoms with E-state index in [1.165, 1.54) is 42.8 Å². The first-order valence-corrected chi connectivity index (χ1v) is 17.8. The Balaban J connectivity index is 1.14. The minimum absolute atomic E-state index is 0.644. The van der Waals surface area contributed by atoms with Crippen molar-refractivity contribution in [3.63, 3.8) is 0 Å². The molecule has 0 radical (unpaired) electrons. The third-order valence-corrected chi connectivity index (χ3v) is 11.5. The van der Waals surface area contributed by atoms with E-state index in [0.717, 1.165) is 65.8 Å². The van der Waals surface area contributed by atoms with E-state index in [1.807, 2.05) is 24.3 Å². The molecule has 51 heavy (non-hydrogen) atoms. The Morgan fingerprint density at radius 1 is 0.510 bits per heavy atom. The van der Waals surface area contributed by atoms with Crippen LogP contribution in [-0.2, 0) is 0 Å². The van der Waals surface area contributed by atoms with Crippen LogP contribution in [-0.4, -0.2) is 19.4 Å². The molecule has 0 N–H and O–H groups in total. The number of aromatic nitrogens is 4. The van der Waals surface area contributed by atoms with Gasteiger partial charge in [0.1, 0.15) is 16.2 Å². The molecule has 6 heteroatoms. The van der Waals surface area contributed by atoms with E-state index in [2.05, 4.69) is 126 Å². The fourth-order valence-corrected chi connectivity index (χ4v) is 9.24. The second kappa shape index (κ2) is 9.97. The molecule has 0 aliphatic heterocycles. The van der Waals surface area contributed by atoms with E-state index >= 15 is 0 Å². The van der Waals surface area contributed by atoms with Gasteiger partial charge in [-0.3, -0.25) is 0 Å². The minimum Gasteiger partial charge on any atom is -0.455 e. The van der Waals surface area contributed by atoms with Gasteiger partial charge in [0.25, 0.3) is 0 Å². The summed E-state index contributed by atoms with van der Waals surface area (Å²) in [4.78, 5) is 15.6. The first-order valence-electron chi connectivity index (χ1n) is 17.0. The SMILES string of the molecule is c1ccc(-c2nc3cc4c5cc(-c6nc(-c7cccc8c7oc7ccccc78)nc7ccccc67)ccc5n5c6ccccc6c(c3s2)c45)cc1. The molecule has 5 heterocycles. The van der Waals surface area contributed by atoms with Crippen molar-refractivity contribution in [3.05, 3.63) is 146 Å². The van der Waals surface area contributed by atoms with Crippen LogP contribution in [0, 0.1) is 0 Å². The van der Waals surface area contributed by atoms with Gasteiger partial charge >= 0.3 is 0 Å². The zero-order valence-electron chi connectivity index (χ0n) is 27.0. The average molecular weight is 669 g/mol. The molecule has 0 spiro atoms. The maximum atomic E-state index is 6.43. The van der Waals surface area contributed by atoms with Gasteiger partial charge in [-0.05, 0) is 42.5 Å². The van der Waals surface area contributed by atoms with Crippen LogP contribution in [0.4, 0.5) is 0 Å². The lowest BCUT2D eigenvalue weighted by Crippen LogP contribution is -1.95. The zero-order valence-corrected chi connectivity index (χ0v) is 27.8. The summed E-state index contributed by atoms with van der Waals surface area (Å²) in [5.41, 5.74) is 11.1. The van der Waals surface area contributed by atoms with Crippen LogP contribution in [0.3, 0.4) is 0 Å². The molecular formula is C45H24N4OS. The van der Waals surface area contributed by atoms with E-state index in [1.54, 1.807) is 11.3 Å². The van der Waals surface area contributed by atoms with Crippen LogP contribution < -0.4 is 0 Å². The van der Waals surface area contributed by atoms with Crippen LogP contribution in [0.25, 0.3) is 114 Å². The predicted molar refractivity (Wildman–Crippen MR) is 211 cm³/mol. The smallest absolute Gasteiger partial charge is 0.164 e. The van der Waals surface area contributed by atoms with Gasteiger partial charge in [-0.2, -0.15) is 0 Å². The number of benzene rings is 7. The number of rotatable bonds is 3. The first kappa shape index (κ1) is 27.2. The minimum atomic E-state index is 0.644. The maximum Gasteiger partial charge on any atom is 0.164 e. The molecule has 5 aromatic heterocycles. The monoisotopic (exact) mass is 668 g/mol. The molecule has 0 unspecified atom stereocenters. The van der Waals surface area contributed by atoms with E-state index in [4.69, 9.17) is 19.4 Å². The van der Waals surface area contributed by atoms with Crippen LogP contribution in [0.1, 0.15) is 0 Å². The zero-order chi connectivity index (χ0) is 33.2. The summed E-state index contributed by atoms with van der Waals surface area (Å²) < 4.78 is 10.1. The standard InChI is InChI=1S/C45H24N4OS/c1-2-11-25(12-3-1)45-47-35-24-33-32-23-26(21-22-37(32)49-36-19-8-5-15-30(36)39(41(33)49)43(35)51-45)40-29-14-4-7-18-34(29)46-44(48-40)31-17-10-16-28-27-13-6-9-20-38(27)50-42(28)31/h1-24H. The molecule has 0 atom stereocenters. The molecule has 5 nitrogen and oxygen atoms in total. The lowest BCUT2D eigenvalue weighted by Gasteiger charge is -2.10.